The third-order valence-electron chi connectivity index (χ3n) is 2.47. The molecule has 1 aromatic rings. The largest absolute Gasteiger partial charge is 0.313 e. The van der Waals surface area contributed by atoms with E-state index in [-0.39, 0.29) is 0 Å². The van der Waals surface area contributed by atoms with Gasteiger partial charge in [0, 0.05) is 16.7 Å². The summed E-state index contributed by atoms with van der Waals surface area (Å²) in [5.41, 5.74) is 1.26. The van der Waals surface area contributed by atoms with Crippen molar-refractivity contribution in [2.24, 2.45) is 0 Å². The van der Waals surface area contributed by atoms with Gasteiger partial charge in [-0.05, 0) is 38.4 Å². The minimum atomic E-state index is 0.539. The van der Waals surface area contributed by atoms with Crippen molar-refractivity contribution in [3.8, 4) is 0 Å². The summed E-state index contributed by atoms with van der Waals surface area (Å²) in [6.45, 7) is 9.41. The van der Waals surface area contributed by atoms with Gasteiger partial charge in [-0.1, -0.05) is 30.7 Å². The first-order valence-corrected chi connectivity index (χ1v) is 7.26. The second kappa shape index (κ2) is 8.37. The Hall–Kier alpha value is -0.730. The zero-order chi connectivity index (χ0) is 12.5. The van der Waals surface area contributed by atoms with Crippen LogP contribution in [0.4, 0.5) is 0 Å². The second-order valence-corrected chi connectivity index (χ2v) is 5.53. The van der Waals surface area contributed by atoms with Crippen molar-refractivity contribution in [2.45, 2.75) is 37.6 Å². The SMILES string of the molecule is C=C(C)CC(CSc1ccccc1)NCCC. The Morgan fingerprint density at radius 3 is 2.65 bits per heavy atom. The summed E-state index contributed by atoms with van der Waals surface area (Å²) in [4.78, 5) is 1.34. The van der Waals surface area contributed by atoms with E-state index in [1.54, 1.807) is 0 Å². The highest BCUT2D eigenvalue weighted by Gasteiger charge is 2.08. The van der Waals surface area contributed by atoms with Crippen molar-refractivity contribution in [3.05, 3.63) is 42.5 Å². The Labute approximate surface area is 110 Å². The third kappa shape index (κ3) is 6.54. The quantitative estimate of drug-likeness (QED) is 0.549. The fraction of sp³-hybridized carbons (Fsp3) is 0.467. The van der Waals surface area contributed by atoms with E-state index in [0.29, 0.717) is 6.04 Å². The maximum absolute atomic E-state index is 4.01. The molecule has 2 heteroatoms. The second-order valence-electron chi connectivity index (χ2n) is 4.44. The maximum atomic E-state index is 4.01. The molecule has 1 atom stereocenters. The first kappa shape index (κ1) is 14.3. The summed E-state index contributed by atoms with van der Waals surface area (Å²) in [5.74, 6) is 1.11. The van der Waals surface area contributed by atoms with E-state index < -0.39 is 0 Å². The molecule has 17 heavy (non-hydrogen) atoms. The molecule has 0 aliphatic carbocycles. The van der Waals surface area contributed by atoms with Crippen LogP contribution >= 0.6 is 11.8 Å². The predicted octanol–water partition coefficient (Wildman–Crippen LogP) is 4.11. The summed E-state index contributed by atoms with van der Waals surface area (Å²) >= 11 is 1.92. The van der Waals surface area contributed by atoms with E-state index in [1.165, 1.54) is 16.9 Å². The highest BCUT2D eigenvalue weighted by atomic mass is 32.2. The molecule has 1 N–H and O–H groups in total. The lowest BCUT2D eigenvalue weighted by molar-refractivity contribution is 0.549. The first-order valence-electron chi connectivity index (χ1n) is 6.28. The van der Waals surface area contributed by atoms with Crippen LogP contribution in [0.5, 0.6) is 0 Å². The van der Waals surface area contributed by atoms with Crippen LogP contribution in [0.1, 0.15) is 26.7 Å². The molecule has 0 radical (unpaired) electrons. The number of thioether (sulfide) groups is 1. The lowest BCUT2D eigenvalue weighted by atomic mass is 10.1. The molecule has 0 saturated heterocycles. The van der Waals surface area contributed by atoms with Crippen LogP contribution in [-0.2, 0) is 0 Å². The van der Waals surface area contributed by atoms with E-state index >= 15 is 0 Å². The number of benzene rings is 1. The van der Waals surface area contributed by atoms with Gasteiger partial charge in [0.25, 0.3) is 0 Å². The molecule has 0 bridgehead atoms. The van der Waals surface area contributed by atoms with Gasteiger partial charge in [0.2, 0.25) is 0 Å². The summed E-state index contributed by atoms with van der Waals surface area (Å²) in [7, 11) is 0. The molecule has 0 fully saturated rings. The van der Waals surface area contributed by atoms with Gasteiger partial charge in [-0.2, -0.15) is 0 Å². The van der Waals surface area contributed by atoms with Crippen LogP contribution in [0.2, 0.25) is 0 Å². The molecular weight excluding hydrogens is 226 g/mol. The van der Waals surface area contributed by atoms with Gasteiger partial charge in [-0.15, -0.1) is 18.3 Å². The van der Waals surface area contributed by atoms with Gasteiger partial charge < -0.3 is 5.32 Å². The standard InChI is InChI=1S/C15H23NS/c1-4-10-16-14(11-13(2)3)12-17-15-8-6-5-7-9-15/h5-9,14,16H,2,4,10-12H2,1,3H3. The van der Waals surface area contributed by atoms with Crippen molar-refractivity contribution >= 4 is 11.8 Å². The van der Waals surface area contributed by atoms with Gasteiger partial charge in [0.15, 0.2) is 0 Å². The fourth-order valence-electron chi connectivity index (χ4n) is 1.67. The average Bonchev–Trinajstić information content (AvgIpc) is 2.33. The smallest absolute Gasteiger partial charge is 0.0198 e. The topological polar surface area (TPSA) is 12.0 Å². The molecule has 0 saturated carbocycles. The van der Waals surface area contributed by atoms with Crippen molar-refractivity contribution in [2.75, 3.05) is 12.3 Å². The molecule has 0 aliphatic heterocycles. The van der Waals surface area contributed by atoms with E-state index in [2.05, 4.69) is 56.1 Å². The summed E-state index contributed by atoms with van der Waals surface area (Å²) in [5, 5.41) is 3.59. The van der Waals surface area contributed by atoms with Crippen LogP contribution < -0.4 is 5.32 Å². The van der Waals surface area contributed by atoms with Gasteiger partial charge in [0.05, 0.1) is 0 Å². The van der Waals surface area contributed by atoms with E-state index in [9.17, 15) is 0 Å². The molecule has 0 aromatic heterocycles. The van der Waals surface area contributed by atoms with Crippen LogP contribution in [0.3, 0.4) is 0 Å². The summed E-state index contributed by atoms with van der Waals surface area (Å²) in [6.07, 6.45) is 2.25. The van der Waals surface area contributed by atoms with Gasteiger partial charge >= 0.3 is 0 Å². The Balaban J connectivity index is 2.40. The predicted molar refractivity (Wildman–Crippen MR) is 78.7 cm³/mol. The third-order valence-corrected chi connectivity index (χ3v) is 3.65. The minimum Gasteiger partial charge on any atom is -0.313 e. The lowest BCUT2D eigenvalue weighted by Gasteiger charge is -2.18. The minimum absolute atomic E-state index is 0.539. The number of rotatable bonds is 8. The van der Waals surface area contributed by atoms with Crippen molar-refractivity contribution in [1.82, 2.24) is 5.32 Å². The number of hydrogen-bond acceptors (Lipinski definition) is 2. The van der Waals surface area contributed by atoms with Crippen molar-refractivity contribution < 1.29 is 0 Å². The molecular formula is C15H23NS. The molecule has 0 heterocycles. The number of nitrogens with one attached hydrogen (secondary N) is 1. The Morgan fingerprint density at radius 1 is 1.35 bits per heavy atom. The monoisotopic (exact) mass is 249 g/mol. The maximum Gasteiger partial charge on any atom is 0.0198 e. The van der Waals surface area contributed by atoms with Gasteiger partial charge in [-0.25, -0.2) is 0 Å². The van der Waals surface area contributed by atoms with Crippen LogP contribution in [0, 0.1) is 0 Å². The molecule has 1 rings (SSSR count). The normalized spacial score (nSPS) is 12.4. The van der Waals surface area contributed by atoms with E-state index in [4.69, 9.17) is 0 Å². The Morgan fingerprint density at radius 2 is 2.06 bits per heavy atom. The zero-order valence-corrected chi connectivity index (χ0v) is 11.7. The molecule has 94 valence electrons. The van der Waals surface area contributed by atoms with Crippen molar-refractivity contribution in [1.29, 1.82) is 0 Å². The van der Waals surface area contributed by atoms with Crippen LogP contribution in [0.15, 0.2) is 47.4 Å². The zero-order valence-electron chi connectivity index (χ0n) is 10.9. The Bertz CT molecular complexity index is 321. The highest BCUT2D eigenvalue weighted by Crippen LogP contribution is 2.19. The first-order chi connectivity index (χ1) is 8.22. The molecule has 0 amide bonds. The molecule has 1 nitrogen and oxygen atoms in total. The molecule has 1 aromatic carbocycles. The molecule has 0 spiro atoms. The van der Waals surface area contributed by atoms with Crippen molar-refractivity contribution in [3.63, 3.8) is 0 Å². The highest BCUT2D eigenvalue weighted by molar-refractivity contribution is 7.99. The van der Waals surface area contributed by atoms with E-state index in [0.717, 1.165) is 18.7 Å². The van der Waals surface area contributed by atoms with E-state index in [1.807, 2.05) is 11.8 Å². The fourth-order valence-corrected chi connectivity index (χ4v) is 2.65. The van der Waals surface area contributed by atoms with Crippen LogP contribution in [0.25, 0.3) is 0 Å². The lowest BCUT2D eigenvalue weighted by Crippen LogP contribution is -2.32. The summed E-state index contributed by atoms with van der Waals surface area (Å²) < 4.78 is 0. The molecule has 0 aliphatic rings. The molecule has 1 unspecified atom stereocenters. The number of hydrogen-bond donors (Lipinski definition) is 1. The average molecular weight is 249 g/mol. The Kier molecular flexibility index (Phi) is 7.06. The van der Waals surface area contributed by atoms with Gasteiger partial charge in [-0.3, -0.25) is 0 Å². The van der Waals surface area contributed by atoms with Gasteiger partial charge in [0.1, 0.15) is 0 Å². The van der Waals surface area contributed by atoms with Crippen LogP contribution in [-0.4, -0.2) is 18.3 Å². The summed E-state index contributed by atoms with van der Waals surface area (Å²) in [6, 6.07) is 11.1.